The molecular formula is C17H16N2O6S. The minimum Gasteiger partial charge on any atom is -0.450 e. The summed E-state index contributed by atoms with van der Waals surface area (Å²) in [5.74, 6) is -2.15. The summed E-state index contributed by atoms with van der Waals surface area (Å²) in [6.07, 6.45) is 0.809. The van der Waals surface area contributed by atoms with E-state index in [9.17, 15) is 19.7 Å². The van der Waals surface area contributed by atoms with Crippen LogP contribution in [0.15, 0.2) is 45.7 Å². The minimum atomic E-state index is -0.919. The van der Waals surface area contributed by atoms with Crippen LogP contribution in [0.2, 0.25) is 0 Å². The van der Waals surface area contributed by atoms with Crippen molar-refractivity contribution in [2.24, 2.45) is 0 Å². The lowest BCUT2D eigenvalue weighted by Crippen LogP contribution is -2.35. The zero-order valence-corrected chi connectivity index (χ0v) is 14.7. The van der Waals surface area contributed by atoms with E-state index in [1.54, 1.807) is 16.7 Å². The molecule has 0 saturated heterocycles. The average Bonchev–Trinajstić information content (AvgIpc) is 3.05. The summed E-state index contributed by atoms with van der Waals surface area (Å²) in [6.45, 7) is 2.15. The van der Waals surface area contributed by atoms with E-state index in [4.69, 9.17) is 9.15 Å². The van der Waals surface area contributed by atoms with Crippen LogP contribution in [0.25, 0.3) is 0 Å². The highest BCUT2D eigenvalue weighted by atomic mass is 32.2. The van der Waals surface area contributed by atoms with Crippen molar-refractivity contribution in [3.63, 3.8) is 0 Å². The van der Waals surface area contributed by atoms with Crippen LogP contribution in [0.1, 0.15) is 23.9 Å². The Morgan fingerprint density at radius 1 is 1.35 bits per heavy atom. The van der Waals surface area contributed by atoms with Gasteiger partial charge in [0.05, 0.1) is 11.8 Å². The van der Waals surface area contributed by atoms with Crippen LogP contribution in [0, 0.1) is 10.1 Å². The monoisotopic (exact) mass is 376 g/mol. The van der Waals surface area contributed by atoms with Crippen LogP contribution < -0.4 is 4.90 Å². The number of carbonyl (C=O) groups is 2. The molecule has 9 heteroatoms. The van der Waals surface area contributed by atoms with Crippen molar-refractivity contribution in [3.8, 4) is 0 Å². The van der Waals surface area contributed by atoms with Gasteiger partial charge in [-0.1, -0.05) is 19.1 Å². The van der Waals surface area contributed by atoms with Gasteiger partial charge in [-0.2, -0.15) is 0 Å². The Morgan fingerprint density at radius 2 is 2.12 bits per heavy atom. The minimum absolute atomic E-state index is 0.315. The number of benzene rings is 1. The number of thioether (sulfide) groups is 1. The fourth-order valence-electron chi connectivity index (χ4n) is 2.56. The standard InChI is InChI=1S/C17H16N2O6S/c1-11-8-9-18(12-4-2-3-5-14(12)26-11)15(20)10-24-17(21)13-6-7-16(25-13)19(22)23/h2-7,11H,8-10H2,1H3/t11-/m0/s1. The Kier molecular flexibility index (Phi) is 5.27. The lowest BCUT2D eigenvalue weighted by molar-refractivity contribution is -0.402. The van der Waals surface area contributed by atoms with Gasteiger partial charge in [0.25, 0.3) is 5.91 Å². The first kappa shape index (κ1) is 18.0. The van der Waals surface area contributed by atoms with Crippen LogP contribution in [0.4, 0.5) is 11.6 Å². The summed E-state index contributed by atoms with van der Waals surface area (Å²) >= 11 is 1.70. The van der Waals surface area contributed by atoms with Crippen LogP contribution in [0.3, 0.4) is 0 Å². The third kappa shape index (κ3) is 3.88. The van der Waals surface area contributed by atoms with Crippen molar-refractivity contribution >= 4 is 35.2 Å². The van der Waals surface area contributed by atoms with Gasteiger partial charge in [0.1, 0.15) is 4.92 Å². The van der Waals surface area contributed by atoms with Crippen molar-refractivity contribution in [3.05, 3.63) is 52.3 Å². The Morgan fingerprint density at radius 3 is 2.85 bits per heavy atom. The second-order valence-electron chi connectivity index (χ2n) is 5.70. The second kappa shape index (κ2) is 7.61. The molecule has 26 heavy (non-hydrogen) atoms. The summed E-state index contributed by atoms with van der Waals surface area (Å²) in [5.41, 5.74) is 0.788. The maximum absolute atomic E-state index is 12.6. The number of furan rings is 1. The van der Waals surface area contributed by atoms with E-state index in [1.165, 1.54) is 0 Å². The normalized spacial score (nSPS) is 16.5. The van der Waals surface area contributed by atoms with Crippen LogP contribution in [-0.2, 0) is 9.53 Å². The van der Waals surface area contributed by atoms with E-state index in [2.05, 4.69) is 6.92 Å². The SMILES string of the molecule is C[C@H]1CCN(C(=O)COC(=O)c2ccc([N+](=O)[O-])o2)c2ccccc2S1. The molecular weight excluding hydrogens is 360 g/mol. The summed E-state index contributed by atoms with van der Waals surface area (Å²) < 4.78 is 9.74. The molecule has 1 aliphatic heterocycles. The van der Waals surface area contributed by atoms with Crippen LogP contribution in [-0.4, -0.2) is 35.2 Å². The lowest BCUT2D eigenvalue weighted by Gasteiger charge is -2.22. The van der Waals surface area contributed by atoms with Crippen LogP contribution in [0.5, 0.6) is 0 Å². The third-order valence-electron chi connectivity index (χ3n) is 3.84. The number of nitrogens with zero attached hydrogens (tertiary/aromatic N) is 2. The molecule has 136 valence electrons. The molecule has 1 atom stereocenters. The third-order valence-corrected chi connectivity index (χ3v) is 5.08. The molecule has 1 aromatic heterocycles. The molecule has 0 aliphatic carbocycles. The molecule has 0 saturated carbocycles. The van der Waals surface area contributed by atoms with Gasteiger partial charge in [0.2, 0.25) is 5.76 Å². The van der Waals surface area contributed by atoms with E-state index in [1.807, 2.05) is 24.3 Å². The highest BCUT2D eigenvalue weighted by molar-refractivity contribution is 8.00. The van der Waals surface area contributed by atoms with Gasteiger partial charge >= 0.3 is 11.9 Å². The molecule has 1 aliphatic rings. The fraction of sp³-hybridized carbons (Fsp3) is 0.294. The van der Waals surface area contributed by atoms with Gasteiger partial charge in [-0.3, -0.25) is 14.9 Å². The van der Waals surface area contributed by atoms with Gasteiger partial charge in [-0.15, -0.1) is 11.8 Å². The molecule has 0 fully saturated rings. The first-order chi connectivity index (χ1) is 12.5. The summed E-state index contributed by atoms with van der Waals surface area (Å²) in [4.78, 5) is 36.9. The highest BCUT2D eigenvalue weighted by Crippen LogP contribution is 2.37. The van der Waals surface area contributed by atoms with Crippen molar-refractivity contribution in [2.45, 2.75) is 23.5 Å². The highest BCUT2D eigenvalue weighted by Gasteiger charge is 2.26. The predicted octanol–water partition coefficient (Wildman–Crippen LogP) is 3.26. The summed E-state index contributed by atoms with van der Waals surface area (Å²) in [6, 6.07) is 9.78. The van der Waals surface area contributed by atoms with Gasteiger partial charge in [0.15, 0.2) is 6.61 Å². The first-order valence-electron chi connectivity index (χ1n) is 7.93. The molecule has 8 nitrogen and oxygen atoms in total. The number of para-hydroxylation sites is 1. The van der Waals surface area contributed by atoms with E-state index in [-0.39, 0.29) is 11.7 Å². The second-order valence-corrected chi connectivity index (χ2v) is 7.18. The van der Waals surface area contributed by atoms with Gasteiger partial charge in [-0.25, -0.2) is 4.79 Å². The molecule has 1 aromatic carbocycles. The largest absolute Gasteiger partial charge is 0.450 e. The molecule has 2 heterocycles. The Balaban J connectivity index is 1.68. The van der Waals surface area contributed by atoms with E-state index in [0.717, 1.165) is 29.1 Å². The zero-order valence-electron chi connectivity index (χ0n) is 13.9. The number of hydrogen-bond donors (Lipinski definition) is 0. The fourth-order valence-corrected chi connectivity index (χ4v) is 3.67. The summed E-state index contributed by atoms with van der Waals surface area (Å²) in [5, 5.41) is 10.9. The topological polar surface area (TPSA) is 103 Å². The Labute approximate surface area is 153 Å². The predicted molar refractivity (Wildman–Crippen MR) is 94.4 cm³/mol. The number of anilines is 1. The maximum atomic E-state index is 12.6. The van der Waals surface area contributed by atoms with E-state index in [0.29, 0.717) is 11.8 Å². The number of fused-ring (bicyclic) bond motifs is 1. The Bertz CT molecular complexity index is 849. The Hall–Kier alpha value is -2.81. The van der Waals surface area contributed by atoms with E-state index >= 15 is 0 Å². The molecule has 3 rings (SSSR count). The van der Waals surface area contributed by atoms with Crippen molar-refractivity contribution in [1.82, 2.24) is 0 Å². The number of ether oxygens (including phenoxy) is 1. The van der Waals surface area contributed by atoms with E-state index < -0.39 is 23.4 Å². The molecule has 2 aromatic rings. The molecule has 0 unspecified atom stereocenters. The van der Waals surface area contributed by atoms with Crippen molar-refractivity contribution in [2.75, 3.05) is 18.1 Å². The first-order valence-corrected chi connectivity index (χ1v) is 8.81. The van der Waals surface area contributed by atoms with Gasteiger partial charge in [-0.05, 0) is 24.6 Å². The number of carbonyl (C=O) groups excluding carboxylic acids is 2. The number of rotatable bonds is 4. The summed E-state index contributed by atoms with van der Waals surface area (Å²) in [7, 11) is 0. The average molecular weight is 376 g/mol. The van der Waals surface area contributed by atoms with Gasteiger partial charge in [0, 0.05) is 16.7 Å². The van der Waals surface area contributed by atoms with Crippen LogP contribution >= 0.6 is 11.8 Å². The number of amides is 1. The quantitative estimate of drug-likeness (QED) is 0.458. The number of esters is 1. The zero-order chi connectivity index (χ0) is 18.7. The van der Waals surface area contributed by atoms with Crippen molar-refractivity contribution in [1.29, 1.82) is 0 Å². The number of hydrogen-bond acceptors (Lipinski definition) is 7. The number of nitro groups is 1. The lowest BCUT2D eigenvalue weighted by atomic mass is 10.2. The molecule has 0 radical (unpaired) electrons. The molecule has 0 bridgehead atoms. The smallest absolute Gasteiger partial charge is 0.433 e. The van der Waals surface area contributed by atoms with Gasteiger partial charge < -0.3 is 14.1 Å². The maximum Gasteiger partial charge on any atom is 0.433 e. The molecule has 1 amide bonds. The van der Waals surface area contributed by atoms with Crippen molar-refractivity contribution < 1.29 is 23.7 Å². The molecule has 0 spiro atoms. The molecule has 0 N–H and O–H groups in total.